The number of esters is 2. The quantitative estimate of drug-likeness (QED) is 0.453. The summed E-state index contributed by atoms with van der Waals surface area (Å²) in [6.45, 7) is 6.26. The topological polar surface area (TPSA) is 52.6 Å². The first-order valence-electron chi connectivity index (χ1n) is 9.47. The van der Waals surface area contributed by atoms with Crippen molar-refractivity contribution in [3.8, 4) is 0 Å². The van der Waals surface area contributed by atoms with Crippen LogP contribution in [0.5, 0.6) is 0 Å². The maximum Gasteiger partial charge on any atom is 0.405 e. The Bertz CT molecular complexity index is 665. The minimum atomic E-state index is -4.88. The highest BCUT2D eigenvalue weighted by Crippen LogP contribution is 2.64. The second-order valence-electron chi connectivity index (χ2n) is 9.23. The summed E-state index contributed by atoms with van der Waals surface area (Å²) in [7, 11) is 0. The standard InChI is InChI=1S/C19H26F6O4/c1-6-16(5,18(20,21)22)13(26)28-12-8-11-7-10(12)9-17(11,19(23,24)25)14(27)29-15(2,3)4/h10-12H,6-9H2,1-5H3. The first-order chi connectivity index (χ1) is 12.9. The molecule has 5 unspecified atom stereocenters. The fourth-order valence-electron chi connectivity index (χ4n) is 4.24. The van der Waals surface area contributed by atoms with Crippen molar-refractivity contribution in [3.63, 3.8) is 0 Å². The van der Waals surface area contributed by atoms with Gasteiger partial charge in [0.15, 0.2) is 10.8 Å². The van der Waals surface area contributed by atoms with Crippen LogP contribution in [0.25, 0.3) is 0 Å². The van der Waals surface area contributed by atoms with Crippen LogP contribution in [0.2, 0.25) is 0 Å². The first-order valence-corrected chi connectivity index (χ1v) is 9.47. The Morgan fingerprint density at radius 2 is 1.55 bits per heavy atom. The summed E-state index contributed by atoms with van der Waals surface area (Å²) in [6.07, 6.45) is -12.4. The molecule has 10 heteroatoms. The molecular formula is C19H26F6O4. The van der Waals surface area contributed by atoms with Gasteiger partial charge in [0.25, 0.3) is 0 Å². The molecule has 0 amide bonds. The zero-order chi connectivity index (χ0) is 22.6. The van der Waals surface area contributed by atoms with E-state index in [0.717, 1.165) is 0 Å². The number of carbonyl (C=O) groups is 2. The van der Waals surface area contributed by atoms with Crippen LogP contribution in [0.4, 0.5) is 26.3 Å². The van der Waals surface area contributed by atoms with E-state index < -0.39 is 71.5 Å². The van der Waals surface area contributed by atoms with Crippen LogP contribution in [0.3, 0.4) is 0 Å². The molecule has 2 fully saturated rings. The molecule has 0 spiro atoms. The predicted octanol–water partition coefficient (Wildman–Crippen LogP) is 5.20. The number of ether oxygens (including phenoxy) is 2. The summed E-state index contributed by atoms with van der Waals surface area (Å²) in [5, 5.41) is 0. The second kappa shape index (κ2) is 7.04. The molecular weight excluding hydrogens is 406 g/mol. The minimum Gasteiger partial charge on any atom is -0.461 e. The number of alkyl halides is 6. The zero-order valence-corrected chi connectivity index (χ0v) is 17.0. The third kappa shape index (κ3) is 3.95. The predicted molar refractivity (Wildman–Crippen MR) is 89.5 cm³/mol. The zero-order valence-electron chi connectivity index (χ0n) is 17.0. The molecule has 0 N–H and O–H groups in total. The van der Waals surface area contributed by atoms with Gasteiger partial charge in [-0.1, -0.05) is 6.92 Å². The van der Waals surface area contributed by atoms with Gasteiger partial charge in [-0.3, -0.25) is 9.59 Å². The molecule has 2 bridgehead atoms. The van der Waals surface area contributed by atoms with Gasteiger partial charge in [-0.15, -0.1) is 0 Å². The average Bonchev–Trinajstić information content (AvgIpc) is 3.08. The molecule has 2 rings (SSSR count). The van der Waals surface area contributed by atoms with Gasteiger partial charge in [-0.05, 0) is 65.2 Å². The van der Waals surface area contributed by atoms with Gasteiger partial charge in [0.2, 0.25) is 0 Å². The van der Waals surface area contributed by atoms with Crippen molar-refractivity contribution >= 4 is 11.9 Å². The Morgan fingerprint density at radius 1 is 1.00 bits per heavy atom. The van der Waals surface area contributed by atoms with E-state index in [9.17, 15) is 35.9 Å². The van der Waals surface area contributed by atoms with Crippen LogP contribution < -0.4 is 0 Å². The van der Waals surface area contributed by atoms with E-state index in [4.69, 9.17) is 9.47 Å². The number of hydrogen-bond acceptors (Lipinski definition) is 4. The molecule has 0 aliphatic heterocycles. The van der Waals surface area contributed by atoms with Crippen molar-refractivity contribution in [2.24, 2.45) is 22.7 Å². The van der Waals surface area contributed by atoms with Crippen molar-refractivity contribution in [3.05, 3.63) is 0 Å². The van der Waals surface area contributed by atoms with Gasteiger partial charge in [0, 0.05) is 0 Å². The summed E-state index contributed by atoms with van der Waals surface area (Å²) >= 11 is 0. The van der Waals surface area contributed by atoms with Gasteiger partial charge in [0.1, 0.15) is 11.7 Å². The molecule has 2 saturated carbocycles. The summed E-state index contributed by atoms with van der Waals surface area (Å²) in [4.78, 5) is 24.7. The second-order valence-corrected chi connectivity index (χ2v) is 9.23. The van der Waals surface area contributed by atoms with Crippen LogP contribution in [-0.4, -0.2) is 36.0 Å². The van der Waals surface area contributed by atoms with Crippen LogP contribution in [0.15, 0.2) is 0 Å². The molecule has 5 atom stereocenters. The fraction of sp³-hybridized carbons (Fsp3) is 0.895. The van der Waals surface area contributed by atoms with Gasteiger partial charge in [-0.25, -0.2) is 0 Å². The SMILES string of the molecule is CCC(C)(C(=O)OC1CC2CC1CC2(C(=O)OC(C)(C)C)C(F)(F)F)C(F)(F)F. The molecule has 0 aromatic carbocycles. The molecule has 4 nitrogen and oxygen atoms in total. The Hall–Kier alpha value is -1.48. The number of fused-ring (bicyclic) bond motifs is 2. The Kier molecular flexibility index (Phi) is 5.78. The van der Waals surface area contributed by atoms with E-state index in [1.165, 1.54) is 27.7 Å². The van der Waals surface area contributed by atoms with Crippen molar-refractivity contribution in [1.82, 2.24) is 0 Å². The lowest BCUT2D eigenvalue weighted by atomic mass is 9.71. The number of halogens is 6. The molecule has 29 heavy (non-hydrogen) atoms. The normalized spacial score (nSPS) is 32.0. The van der Waals surface area contributed by atoms with Gasteiger partial charge in [-0.2, -0.15) is 26.3 Å². The fourth-order valence-corrected chi connectivity index (χ4v) is 4.24. The third-order valence-electron chi connectivity index (χ3n) is 6.22. The van der Waals surface area contributed by atoms with Gasteiger partial charge >= 0.3 is 24.3 Å². The summed E-state index contributed by atoms with van der Waals surface area (Å²) < 4.78 is 91.6. The molecule has 0 aromatic heterocycles. The number of carbonyl (C=O) groups excluding carboxylic acids is 2. The van der Waals surface area contributed by atoms with Crippen LogP contribution >= 0.6 is 0 Å². The number of hydrogen-bond donors (Lipinski definition) is 0. The van der Waals surface area contributed by atoms with E-state index in [-0.39, 0.29) is 12.8 Å². The van der Waals surface area contributed by atoms with Gasteiger partial charge < -0.3 is 9.47 Å². The van der Waals surface area contributed by atoms with Gasteiger partial charge in [0.05, 0.1) is 0 Å². The third-order valence-corrected chi connectivity index (χ3v) is 6.22. The maximum absolute atomic E-state index is 13.9. The Balaban J connectivity index is 2.22. The highest BCUT2D eigenvalue weighted by Gasteiger charge is 2.73. The molecule has 0 radical (unpaired) electrons. The highest BCUT2D eigenvalue weighted by molar-refractivity contribution is 5.80. The van der Waals surface area contributed by atoms with E-state index >= 15 is 0 Å². The van der Waals surface area contributed by atoms with Crippen molar-refractivity contribution in [2.75, 3.05) is 0 Å². The summed E-state index contributed by atoms with van der Waals surface area (Å²) in [5.74, 6) is -4.95. The molecule has 0 saturated heterocycles. The highest BCUT2D eigenvalue weighted by atomic mass is 19.4. The molecule has 168 valence electrons. The largest absolute Gasteiger partial charge is 0.461 e. The Labute approximate surface area is 165 Å². The van der Waals surface area contributed by atoms with Crippen molar-refractivity contribution < 1.29 is 45.4 Å². The Morgan fingerprint density at radius 3 is 1.90 bits per heavy atom. The average molecular weight is 432 g/mol. The van der Waals surface area contributed by atoms with Crippen LogP contribution in [0.1, 0.15) is 60.3 Å². The van der Waals surface area contributed by atoms with E-state index in [2.05, 4.69) is 0 Å². The summed E-state index contributed by atoms with van der Waals surface area (Å²) in [6, 6.07) is 0. The lowest BCUT2D eigenvalue weighted by Crippen LogP contribution is -2.53. The van der Waals surface area contributed by atoms with E-state index in [0.29, 0.717) is 6.92 Å². The lowest BCUT2D eigenvalue weighted by Gasteiger charge is -2.41. The maximum atomic E-state index is 13.9. The van der Waals surface area contributed by atoms with Crippen molar-refractivity contribution in [1.29, 1.82) is 0 Å². The van der Waals surface area contributed by atoms with E-state index in [1.807, 2.05) is 0 Å². The summed E-state index contributed by atoms with van der Waals surface area (Å²) in [5.41, 5.74) is -6.59. The van der Waals surface area contributed by atoms with Crippen LogP contribution in [0, 0.1) is 22.7 Å². The minimum absolute atomic E-state index is 0.0639. The molecule has 2 aliphatic rings. The number of rotatable bonds is 4. The van der Waals surface area contributed by atoms with E-state index in [1.54, 1.807) is 0 Å². The van der Waals surface area contributed by atoms with Crippen molar-refractivity contribution in [2.45, 2.75) is 84.4 Å². The lowest BCUT2D eigenvalue weighted by molar-refractivity contribution is -0.257. The smallest absolute Gasteiger partial charge is 0.405 e. The first kappa shape index (κ1) is 23.8. The monoisotopic (exact) mass is 432 g/mol. The molecule has 0 heterocycles. The molecule has 2 aliphatic carbocycles. The molecule has 0 aromatic rings. The van der Waals surface area contributed by atoms with Crippen LogP contribution in [-0.2, 0) is 19.1 Å².